The Balaban J connectivity index is 2.19. The Morgan fingerprint density at radius 1 is 1.16 bits per heavy atom. The second-order valence-corrected chi connectivity index (χ2v) is 6.02. The van der Waals surface area contributed by atoms with E-state index < -0.39 is 0 Å². The van der Waals surface area contributed by atoms with Crippen LogP contribution in [-0.4, -0.2) is 11.7 Å². The first-order valence-electron chi connectivity index (χ1n) is 6.51. The maximum absolute atomic E-state index is 10.0. The number of benzene rings is 2. The van der Waals surface area contributed by atoms with Gasteiger partial charge in [0.2, 0.25) is 0 Å². The van der Waals surface area contributed by atoms with Gasteiger partial charge < -0.3 is 10.4 Å². The summed E-state index contributed by atoms with van der Waals surface area (Å²) in [5.41, 5.74) is 4.84. The van der Waals surface area contributed by atoms with E-state index >= 15 is 0 Å². The van der Waals surface area contributed by atoms with Gasteiger partial charge in [0.05, 0.1) is 0 Å². The molecule has 0 amide bonds. The number of nitrogens with one attached hydrogen (secondary N) is 1. The van der Waals surface area contributed by atoms with Crippen LogP contribution in [0.5, 0.6) is 5.75 Å². The lowest BCUT2D eigenvalue weighted by Crippen LogP contribution is -2.28. The molecule has 0 aromatic heterocycles. The molecule has 0 aliphatic carbocycles. The zero-order valence-corrected chi connectivity index (χ0v) is 12.9. The molecule has 2 aromatic rings. The summed E-state index contributed by atoms with van der Waals surface area (Å²) in [5.74, 6) is 0.344. The molecule has 0 saturated carbocycles. The molecule has 0 bridgehead atoms. The van der Waals surface area contributed by atoms with Crippen molar-refractivity contribution < 1.29 is 5.11 Å². The lowest BCUT2D eigenvalue weighted by Gasteiger charge is -2.26. The molecule has 3 heteroatoms. The van der Waals surface area contributed by atoms with E-state index in [1.54, 1.807) is 6.07 Å². The number of aromatic hydroxyl groups is 1. The van der Waals surface area contributed by atoms with Gasteiger partial charge >= 0.3 is 0 Å². The van der Waals surface area contributed by atoms with E-state index in [0.29, 0.717) is 11.8 Å². The van der Waals surface area contributed by atoms with Crippen molar-refractivity contribution in [3.05, 3.63) is 51.1 Å². The van der Waals surface area contributed by atoms with E-state index in [-0.39, 0.29) is 0 Å². The fourth-order valence-corrected chi connectivity index (χ4v) is 4.04. The first-order chi connectivity index (χ1) is 9.18. The topological polar surface area (TPSA) is 32.3 Å². The summed E-state index contributed by atoms with van der Waals surface area (Å²) in [6.07, 6.45) is 1.08. The average molecular weight is 365 g/mol. The third-order valence-electron chi connectivity index (χ3n) is 3.74. The molecule has 0 radical (unpaired) electrons. The highest BCUT2D eigenvalue weighted by atomic mass is 127. The van der Waals surface area contributed by atoms with Crippen molar-refractivity contribution in [2.75, 3.05) is 6.54 Å². The smallest absolute Gasteiger partial charge is 0.123 e. The van der Waals surface area contributed by atoms with Gasteiger partial charge in [0.25, 0.3) is 0 Å². The Labute approximate surface area is 127 Å². The Bertz CT molecular complexity index is 624. The van der Waals surface area contributed by atoms with E-state index in [2.05, 4.69) is 47.0 Å². The molecule has 1 heterocycles. The number of halogens is 1. The monoisotopic (exact) mass is 365 g/mol. The molecule has 0 fully saturated rings. The van der Waals surface area contributed by atoms with Gasteiger partial charge in [-0.05, 0) is 65.2 Å². The SMILES string of the molecule is CC1NCCc2ccc(-c3ccccc3O)c(I)c21. The average Bonchev–Trinajstić information content (AvgIpc) is 2.40. The van der Waals surface area contributed by atoms with Crippen LogP contribution in [0.4, 0.5) is 0 Å². The molecule has 19 heavy (non-hydrogen) atoms. The minimum atomic E-state index is 0.344. The molecular formula is C16H16INO. The number of hydrogen-bond donors (Lipinski definition) is 2. The normalized spacial score (nSPS) is 18.1. The lowest BCUT2D eigenvalue weighted by atomic mass is 9.91. The van der Waals surface area contributed by atoms with Gasteiger partial charge in [0, 0.05) is 15.2 Å². The molecule has 1 aliphatic heterocycles. The summed E-state index contributed by atoms with van der Waals surface area (Å²) in [5, 5.41) is 13.5. The van der Waals surface area contributed by atoms with Crippen molar-refractivity contribution in [3.8, 4) is 16.9 Å². The van der Waals surface area contributed by atoms with E-state index in [0.717, 1.165) is 24.1 Å². The van der Waals surface area contributed by atoms with Gasteiger partial charge in [-0.1, -0.05) is 30.3 Å². The number of rotatable bonds is 1. The quantitative estimate of drug-likeness (QED) is 0.752. The Hall–Kier alpha value is -1.07. The predicted molar refractivity (Wildman–Crippen MR) is 86.4 cm³/mol. The summed E-state index contributed by atoms with van der Waals surface area (Å²) in [7, 11) is 0. The second-order valence-electron chi connectivity index (χ2n) is 4.94. The summed E-state index contributed by atoms with van der Waals surface area (Å²) in [6.45, 7) is 3.25. The van der Waals surface area contributed by atoms with E-state index in [9.17, 15) is 5.11 Å². The molecule has 3 rings (SSSR count). The third kappa shape index (κ3) is 2.25. The van der Waals surface area contributed by atoms with Gasteiger partial charge in [-0.3, -0.25) is 0 Å². The third-order valence-corrected chi connectivity index (χ3v) is 4.90. The van der Waals surface area contributed by atoms with Crippen LogP contribution in [-0.2, 0) is 6.42 Å². The summed E-state index contributed by atoms with van der Waals surface area (Å²) in [4.78, 5) is 0. The number of fused-ring (bicyclic) bond motifs is 1. The van der Waals surface area contributed by atoms with Crippen molar-refractivity contribution in [3.63, 3.8) is 0 Å². The molecule has 1 unspecified atom stereocenters. The Morgan fingerprint density at radius 3 is 2.74 bits per heavy atom. The van der Waals surface area contributed by atoms with E-state index in [1.807, 2.05) is 18.2 Å². The van der Waals surface area contributed by atoms with Gasteiger partial charge in [-0.15, -0.1) is 0 Å². The van der Waals surface area contributed by atoms with Crippen molar-refractivity contribution >= 4 is 22.6 Å². The molecule has 1 aliphatic rings. The number of phenols is 1. The van der Waals surface area contributed by atoms with Crippen LogP contribution in [0.3, 0.4) is 0 Å². The summed E-state index contributed by atoms with van der Waals surface area (Å²) in [6, 6.07) is 12.2. The largest absolute Gasteiger partial charge is 0.507 e. The minimum absolute atomic E-state index is 0.344. The van der Waals surface area contributed by atoms with Crippen LogP contribution in [0.1, 0.15) is 24.1 Å². The highest BCUT2D eigenvalue weighted by Gasteiger charge is 2.21. The van der Waals surface area contributed by atoms with Crippen LogP contribution < -0.4 is 5.32 Å². The number of para-hydroxylation sites is 1. The molecule has 2 nitrogen and oxygen atoms in total. The van der Waals surface area contributed by atoms with Gasteiger partial charge in [-0.25, -0.2) is 0 Å². The van der Waals surface area contributed by atoms with Gasteiger partial charge in [0.15, 0.2) is 0 Å². The highest BCUT2D eigenvalue weighted by molar-refractivity contribution is 14.1. The fraction of sp³-hybridized carbons (Fsp3) is 0.250. The van der Waals surface area contributed by atoms with E-state index in [4.69, 9.17) is 0 Å². The molecule has 0 saturated heterocycles. The Kier molecular flexibility index (Phi) is 3.50. The van der Waals surface area contributed by atoms with Crippen molar-refractivity contribution in [2.24, 2.45) is 0 Å². The first-order valence-corrected chi connectivity index (χ1v) is 7.59. The molecule has 2 N–H and O–H groups in total. The van der Waals surface area contributed by atoms with Crippen LogP contribution in [0.2, 0.25) is 0 Å². The van der Waals surface area contributed by atoms with Gasteiger partial charge in [0.1, 0.15) is 5.75 Å². The first kappa shape index (κ1) is 12.9. The maximum atomic E-state index is 10.0. The summed E-state index contributed by atoms with van der Waals surface area (Å²) >= 11 is 2.41. The van der Waals surface area contributed by atoms with Crippen LogP contribution in [0.15, 0.2) is 36.4 Å². The predicted octanol–water partition coefficient (Wildman–Crippen LogP) is 3.87. The van der Waals surface area contributed by atoms with Gasteiger partial charge in [-0.2, -0.15) is 0 Å². The standard InChI is InChI=1S/C16H16INO/c1-10-15-11(8-9-18-10)6-7-13(16(15)17)12-4-2-3-5-14(12)19/h2-7,10,18-19H,8-9H2,1H3. The zero-order chi connectivity index (χ0) is 13.4. The lowest BCUT2D eigenvalue weighted by molar-refractivity contribution is 0.477. The maximum Gasteiger partial charge on any atom is 0.123 e. The summed E-state index contributed by atoms with van der Waals surface area (Å²) < 4.78 is 1.25. The number of hydrogen-bond acceptors (Lipinski definition) is 2. The van der Waals surface area contributed by atoms with Crippen LogP contribution in [0, 0.1) is 3.57 Å². The minimum Gasteiger partial charge on any atom is -0.507 e. The second kappa shape index (κ2) is 5.13. The number of phenolic OH excluding ortho intramolecular Hbond substituents is 1. The molecule has 0 spiro atoms. The fourth-order valence-electron chi connectivity index (χ4n) is 2.75. The van der Waals surface area contributed by atoms with Crippen molar-refractivity contribution in [1.82, 2.24) is 5.32 Å². The van der Waals surface area contributed by atoms with Crippen molar-refractivity contribution in [2.45, 2.75) is 19.4 Å². The zero-order valence-electron chi connectivity index (χ0n) is 10.8. The Morgan fingerprint density at radius 2 is 1.95 bits per heavy atom. The molecule has 2 aromatic carbocycles. The molecule has 1 atom stereocenters. The van der Waals surface area contributed by atoms with Crippen molar-refractivity contribution in [1.29, 1.82) is 0 Å². The highest BCUT2D eigenvalue weighted by Crippen LogP contribution is 2.37. The molecule has 98 valence electrons. The van der Waals surface area contributed by atoms with Crippen LogP contribution >= 0.6 is 22.6 Å². The molecular weight excluding hydrogens is 349 g/mol. The van der Waals surface area contributed by atoms with Crippen LogP contribution in [0.25, 0.3) is 11.1 Å². The van der Waals surface area contributed by atoms with E-state index in [1.165, 1.54) is 14.7 Å².